The Labute approximate surface area is 183 Å². The number of aromatic nitrogens is 1. The number of aryl methyl sites for hydroxylation is 1. The first-order valence-corrected chi connectivity index (χ1v) is 11.0. The van der Waals surface area contributed by atoms with Crippen molar-refractivity contribution in [1.82, 2.24) is 15.2 Å². The summed E-state index contributed by atoms with van der Waals surface area (Å²) in [4.78, 5) is 26.0. The van der Waals surface area contributed by atoms with Gasteiger partial charge in [0.05, 0.1) is 24.6 Å². The third kappa shape index (κ3) is 5.19. The molecule has 2 aromatic rings. The van der Waals surface area contributed by atoms with Gasteiger partial charge in [-0.15, -0.1) is 0 Å². The number of carbonyl (C=O) groups excluding carboxylic acids is 2. The van der Waals surface area contributed by atoms with E-state index in [0.717, 1.165) is 35.9 Å². The number of fused-ring (bicyclic) bond motifs is 1. The van der Waals surface area contributed by atoms with Gasteiger partial charge in [0.25, 0.3) is 5.91 Å². The first kappa shape index (κ1) is 22.7. The molecule has 1 aromatic carbocycles. The van der Waals surface area contributed by atoms with Gasteiger partial charge >= 0.3 is 0 Å². The van der Waals surface area contributed by atoms with Crippen molar-refractivity contribution in [3.8, 4) is 11.8 Å². The molecule has 3 atom stereocenters. The van der Waals surface area contributed by atoms with Crippen molar-refractivity contribution >= 4 is 22.7 Å². The van der Waals surface area contributed by atoms with Gasteiger partial charge in [-0.25, -0.2) is 0 Å². The minimum atomic E-state index is -0.501. The molecule has 3 unspecified atom stereocenters. The quantitative estimate of drug-likeness (QED) is 0.711. The fourth-order valence-electron chi connectivity index (χ4n) is 4.41. The molecule has 3 rings (SSSR count). The second kappa shape index (κ2) is 9.86. The summed E-state index contributed by atoms with van der Waals surface area (Å²) in [5.41, 5.74) is 1.45. The van der Waals surface area contributed by atoms with Crippen LogP contribution in [0, 0.1) is 23.2 Å². The van der Waals surface area contributed by atoms with Crippen molar-refractivity contribution in [1.29, 1.82) is 5.26 Å². The number of rotatable bonds is 7. The van der Waals surface area contributed by atoms with E-state index in [1.54, 1.807) is 7.11 Å². The van der Waals surface area contributed by atoms with Crippen molar-refractivity contribution in [2.45, 2.75) is 58.0 Å². The molecule has 31 heavy (non-hydrogen) atoms. The van der Waals surface area contributed by atoms with Gasteiger partial charge in [-0.3, -0.25) is 9.59 Å². The van der Waals surface area contributed by atoms with E-state index in [0.29, 0.717) is 24.5 Å². The molecule has 2 N–H and O–H groups in total. The van der Waals surface area contributed by atoms with Gasteiger partial charge < -0.3 is 19.9 Å². The van der Waals surface area contributed by atoms with Crippen LogP contribution < -0.4 is 15.4 Å². The van der Waals surface area contributed by atoms with Crippen LogP contribution >= 0.6 is 0 Å². The van der Waals surface area contributed by atoms with Crippen molar-refractivity contribution in [3.63, 3.8) is 0 Å². The minimum Gasteiger partial charge on any atom is -0.497 e. The monoisotopic (exact) mass is 424 g/mol. The molecule has 1 fully saturated rings. The Morgan fingerprint density at radius 2 is 2.00 bits per heavy atom. The normalized spacial score (nSPS) is 19.6. The largest absolute Gasteiger partial charge is 0.497 e. The van der Waals surface area contributed by atoms with Crippen LogP contribution in [0.1, 0.15) is 56.4 Å². The summed E-state index contributed by atoms with van der Waals surface area (Å²) in [7, 11) is 3.47. The molecule has 1 saturated carbocycles. The van der Waals surface area contributed by atoms with Gasteiger partial charge in [0.2, 0.25) is 5.91 Å². The van der Waals surface area contributed by atoms with E-state index in [9.17, 15) is 14.9 Å². The Balaban J connectivity index is 1.74. The molecular formula is C24H32N4O3. The Bertz CT molecular complexity index is 989. The highest BCUT2D eigenvalue weighted by Crippen LogP contribution is 2.27. The molecule has 1 aliphatic carbocycles. The van der Waals surface area contributed by atoms with E-state index in [1.807, 2.05) is 49.7 Å². The highest BCUT2D eigenvalue weighted by Gasteiger charge is 2.33. The molecule has 7 heteroatoms. The Morgan fingerprint density at radius 1 is 1.26 bits per heavy atom. The van der Waals surface area contributed by atoms with E-state index >= 15 is 0 Å². The fraction of sp³-hybridized carbons (Fsp3) is 0.542. The number of ether oxygens (including phenoxy) is 1. The molecule has 1 heterocycles. The predicted octanol–water partition coefficient (Wildman–Crippen LogP) is 3.53. The van der Waals surface area contributed by atoms with E-state index in [1.165, 1.54) is 0 Å². The predicted molar refractivity (Wildman–Crippen MR) is 120 cm³/mol. The number of amides is 2. The third-order valence-electron chi connectivity index (χ3n) is 6.08. The number of hydrogen-bond donors (Lipinski definition) is 2. The molecule has 0 aliphatic heterocycles. The molecule has 0 radical (unpaired) electrons. The van der Waals surface area contributed by atoms with E-state index in [2.05, 4.69) is 16.7 Å². The first-order valence-electron chi connectivity index (χ1n) is 11.0. The highest BCUT2D eigenvalue weighted by atomic mass is 16.5. The Kier molecular flexibility index (Phi) is 7.21. The average Bonchev–Trinajstić information content (AvgIpc) is 3.09. The van der Waals surface area contributed by atoms with Crippen molar-refractivity contribution < 1.29 is 14.3 Å². The molecular weight excluding hydrogens is 392 g/mol. The van der Waals surface area contributed by atoms with Crippen LogP contribution in [0.3, 0.4) is 0 Å². The van der Waals surface area contributed by atoms with Gasteiger partial charge in [-0.1, -0.05) is 26.7 Å². The maximum absolute atomic E-state index is 13.1. The number of nitrogens with one attached hydrogen (secondary N) is 2. The maximum atomic E-state index is 13.1. The van der Waals surface area contributed by atoms with Gasteiger partial charge in [-0.2, -0.15) is 5.26 Å². The van der Waals surface area contributed by atoms with Crippen LogP contribution in [-0.4, -0.2) is 35.6 Å². The number of benzene rings is 1. The van der Waals surface area contributed by atoms with Gasteiger partial charge in [-0.05, 0) is 43.4 Å². The SMILES string of the molecule is COc1ccc2cc(C(=O)NC3CCCCC3C(=O)NC(C#N)CC(C)C)n(C)c2c1. The standard InChI is InChI=1S/C24H32N4O3/c1-15(2)11-17(14-25)26-23(29)19-7-5-6-8-20(19)27-24(30)22-12-16-9-10-18(31-4)13-21(16)28(22)3/h9-10,12-13,15,17,19-20H,5-8,11H2,1-4H3,(H,26,29)(H,27,30). The van der Waals surface area contributed by atoms with Crippen molar-refractivity contribution in [2.24, 2.45) is 18.9 Å². The van der Waals surface area contributed by atoms with Crippen LogP contribution in [-0.2, 0) is 11.8 Å². The smallest absolute Gasteiger partial charge is 0.268 e. The first-order chi connectivity index (χ1) is 14.8. The lowest BCUT2D eigenvalue weighted by molar-refractivity contribution is -0.127. The van der Waals surface area contributed by atoms with Crippen LogP contribution in [0.4, 0.5) is 0 Å². The van der Waals surface area contributed by atoms with E-state index in [-0.39, 0.29) is 23.8 Å². The second-order valence-corrected chi connectivity index (χ2v) is 8.80. The minimum absolute atomic E-state index is 0.140. The molecule has 0 saturated heterocycles. The summed E-state index contributed by atoms with van der Waals surface area (Å²) >= 11 is 0. The van der Waals surface area contributed by atoms with E-state index < -0.39 is 6.04 Å². The Hall–Kier alpha value is -3.01. The van der Waals surface area contributed by atoms with E-state index in [4.69, 9.17) is 4.74 Å². The highest BCUT2D eigenvalue weighted by molar-refractivity contribution is 5.99. The zero-order valence-electron chi connectivity index (χ0n) is 18.8. The molecule has 0 bridgehead atoms. The summed E-state index contributed by atoms with van der Waals surface area (Å²) in [6, 6.07) is 9.00. The van der Waals surface area contributed by atoms with Crippen LogP contribution in [0.15, 0.2) is 24.3 Å². The summed E-state index contributed by atoms with van der Waals surface area (Å²) < 4.78 is 7.14. The van der Waals surface area contributed by atoms with Gasteiger partial charge in [0.1, 0.15) is 17.5 Å². The van der Waals surface area contributed by atoms with Crippen LogP contribution in [0.25, 0.3) is 10.9 Å². The topological polar surface area (TPSA) is 96.2 Å². The zero-order valence-corrected chi connectivity index (χ0v) is 18.8. The van der Waals surface area contributed by atoms with Crippen LogP contribution in [0.5, 0.6) is 5.75 Å². The summed E-state index contributed by atoms with van der Waals surface area (Å²) in [5, 5.41) is 16.3. The van der Waals surface area contributed by atoms with Gasteiger partial charge in [0.15, 0.2) is 0 Å². The maximum Gasteiger partial charge on any atom is 0.268 e. The Morgan fingerprint density at radius 3 is 2.68 bits per heavy atom. The van der Waals surface area contributed by atoms with Crippen LogP contribution in [0.2, 0.25) is 0 Å². The summed E-state index contributed by atoms with van der Waals surface area (Å²) in [6.45, 7) is 4.05. The lowest BCUT2D eigenvalue weighted by Gasteiger charge is -2.32. The van der Waals surface area contributed by atoms with Crippen molar-refractivity contribution in [2.75, 3.05) is 7.11 Å². The molecule has 7 nitrogen and oxygen atoms in total. The number of hydrogen-bond acceptors (Lipinski definition) is 4. The molecule has 166 valence electrons. The fourth-order valence-corrected chi connectivity index (χ4v) is 4.41. The van der Waals surface area contributed by atoms with Gasteiger partial charge in [0, 0.05) is 24.5 Å². The molecule has 2 amide bonds. The lowest BCUT2D eigenvalue weighted by Crippen LogP contribution is -2.50. The molecule has 1 aliphatic rings. The summed E-state index contributed by atoms with van der Waals surface area (Å²) in [6.07, 6.45) is 3.99. The molecule has 1 aromatic heterocycles. The number of nitriles is 1. The lowest BCUT2D eigenvalue weighted by atomic mass is 9.83. The second-order valence-electron chi connectivity index (χ2n) is 8.80. The number of methoxy groups -OCH3 is 1. The number of nitrogens with zero attached hydrogens (tertiary/aromatic N) is 2. The van der Waals surface area contributed by atoms with Crippen molar-refractivity contribution in [3.05, 3.63) is 30.0 Å². The zero-order chi connectivity index (χ0) is 22.5. The third-order valence-corrected chi connectivity index (χ3v) is 6.08. The molecule has 0 spiro atoms. The number of carbonyl (C=O) groups is 2. The summed E-state index contributed by atoms with van der Waals surface area (Å²) in [5.74, 6) is 0.394. The average molecular weight is 425 g/mol.